The molecule has 1 aromatic rings. The second-order valence-corrected chi connectivity index (χ2v) is 3.40. The predicted molar refractivity (Wildman–Crippen MR) is 52.9 cm³/mol. The van der Waals surface area contributed by atoms with Crippen molar-refractivity contribution in [3.8, 4) is 0 Å². The standard InChI is InChI=1S/C9H16N4/c1-2-4-11-9-3-5-12-13(9)8-6-10-7-8/h3,5,8,10-11H,2,4,6-7H2,1H3. The van der Waals surface area contributed by atoms with Crippen LogP contribution in [0, 0.1) is 0 Å². The number of aromatic nitrogens is 2. The van der Waals surface area contributed by atoms with Crippen molar-refractivity contribution in [3.63, 3.8) is 0 Å². The highest BCUT2D eigenvalue weighted by Gasteiger charge is 2.20. The molecule has 0 saturated carbocycles. The van der Waals surface area contributed by atoms with Crippen molar-refractivity contribution in [2.45, 2.75) is 19.4 Å². The van der Waals surface area contributed by atoms with Gasteiger partial charge in [0.15, 0.2) is 0 Å². The van der Waals surface area contributed by atoms with Crippen LogP contribution in [0.1, 0.15) is 19.4 Å². The molecule has 0 atom stereocenters. The SMILES string of the molecule is CCCNc1ccnn1C1CNC1. The molecule has 2 heterocycles. The van der Waals surface area contributed by atoms with E-state index in [-0.39, 0.29) is 0 Å². The molecule has 0 spiro atoms. The topological polar surface area (TPSA) is 41.9 Å². The van der Waals surface area contributed by atoms with E-state index in [4.69, 9.17) is 0 Å². The molecule has 0 amide bonds. The largest absolute Gasteiger partial charge is 0.370 e. The molecule has 13 heavy (non-hydrogen) atoms. The van der Waals surface area contributed by atoms with E-state index in [2.05, 4.69) is 27.3 Å². The maximum absolute atomic E-state index is 4.31. The molecule has 1 aliphatic heterocycles. The first-order valence-electron chi connectivity index (χ1n) is 4.90. The molecule has 4 heteroatoms. The highest BCUT2D eigenvalue weighted by atomic mass is 15.4. The van der Waals surface area contributed by atoms with E-state index >= 15 is 0 Å². The minimum atomic E-state index is 0.550. The van der Waals surface area contributed by atoms with Crippen LogP contribution in [0.15, 0.2) is 12.3 Å². The number of hydrogen-bond donors (Lipinski definition) is 2. The molecule has 72 valence electrons. The van der Waals surface area contributed by atoms with Gasteiger partial charge in [0.05, 0.1) is 12.2 Å². The minimum Gasteiger partial charge on any atom is -0.370 e. The van der Waals surface area contributed by atoms with E-state index < -0.39 is 0 Å². The zero-order valence-electron chi connectivity index (χ0n) is 7.95. The highest BCUT2D eigenvalue weighted by molar-refractivity contribution is 5.34. The Kier molecular flexibility index (Phi) is 2.49. The molecular formula is C9H16N4. The van der Waals surface area contributed by atoms with Crippen LogP contribution >= 0.6 is 0 Å². The van der Waals surface area contributed by atoms with Crippen LogP contribution in [-0.2, 0) is 0 Å². The van der Waals surface area contributed by atoms with Gasteiger partial charge in [-0.05, 0) is 6.42 Å². The van der Waals surface area contributed by atoms with Gasteiger partial charge >= 0.3 is 0 Å². The van der Waals surface area contributed by atoms with Crippen LogP contribution in [0.5, 0.6) is 0 Å². The fraction of sp³-hybridized carbons (Fsp3) is 0.667. The minimum absolute atomic E-state index is 0.550. The van der Waals surface area contributed by atoms with Crippen LogP contribution in [0.3, 0.4) is 0 Å². The van der Waals surface area contributed by atoms with Gasteiger partial charge in [0, 0.05) is 25.7 Å². The molecule has 1 fully saturated rings. The first-order chi connectivity index (χ1) is 6.42. The summed E-state index contributed by atoms with van der Waals surface area (Å²) in [4.78, 5) is 0. The van der Waals surface area contributed by atoms with Crippen LogP contribution in [0.4, 0.5) is 5.82 Å². The van der Waals surface area contributed by atoms with Gasteiger partial charge in [0.25, 0.3) is 0 Å². The summed E-state index contributed by atoms with van der Waals surface area (Å²) in [5.74, 6) is 1.15. The van der Waals surface area contributed by atoms with Gasteiger partial charge < -0.3 is 10.6 Å². The summed E-state index contributed by atoms with van der Waals surface area (Å²) in [7, 11) is 0. The number of anilines is 1. The second-order valence-electron chi connectivity index (χ2n) is 3.40. The molecule has 0 bridgehead atoms. The average Bonchev–Trinajstić information content (AvgIpc) is 2.46. The van der Waals surface area contributed by atoms with E-state index in [1.807, 2.05) is 12.3 Å². The maximum atomic E-state index is 4.31. The lowest BCUT2D eigenvalue weighted by Crippen LogP contribution is -2.44. The maximum Gasteiger partial charge on any atom is 0.124 e. The lowest BCUT2D eigenvalue weighted by atomic mass is 10.2. The Labute approximate surface area is 78.3 Å². The van der Waals surface area contributed by atoms with Gasteiger partial charge in [-0.3, -0.25) is 0 Å². The molecule has 0 unspecified atom stereocenters. The van der Waals surface area contributed by atoms with Crippen molar-refractivity contribution >= 4 is 5.82 Å². The van der Waals surface area contributed by atoms with E-state index in [1.54, 1.807) is 0 Å². The second kappa shape index (κ2) is 3.79. The van der Waals surface area contributed by atoms with Gasteiger partial charge in [0.1, 0.15) is 5.82 Å². The zero-order chi connectivity index (χ0) is 9.10. The summed E-state index contributed by atoms with van der Waals surface area (Å²) in [5, 5.41) is 10.9. The van der Waals surface area contributed by atoms with Crippen LogP contribution in [0.25, 0.3) is 0 Å². The van der Waals surface area contributed by atoms with E-state index in [0.717, 1.165) is 31.9 Å². The van der Waals surface area contributed by atoms with Gasteiger partial charge in [-0.1, -0.05) is 6.92 Å². The Balaban J connectivity index is 2.02. The molecule has 0 radical (unpaired) electrons. The van der Waals surface area contributed by atoms with Crippen molar-refractivity contribution < 1.29 is 0 Å². The van der Waals surface area contributed by atoms with Crippen molar-refractivity contribution in [2.75, 3.05) is 25.0 Å². The van der Waals surface area contributed by atoms with Gasteiger partial charge in [-0.25, -0.2) is 4.68 Å². The summed E-state index contributed by atoms with van der Waals surface area (Å²) in [6.07, 6.45) is 3.00. The summed E-state index contributed by atoms with van der Waals surface area (Å²) in [6.45, 7) is 5.27. The van der Waals surface area contributed by atoms with E-state index in [9.17, 15) is 0 Å². The summed E-state index contributed by atoms with van der Waals surface area (Å²) < 4.78 is 2.08. The van der Waals surface area contributed by atoms with Crippen LogP contribution < -0.4 is 10.6 Å². The van der Waals surface area contributed by atoms with E-state index in [0.29, 0.717) is 6.04 Å². The first-order valence-corrected chi connectivity index (χ1v) is 4.90. The van der Waals surface area contributed by atoms with Gasteiger partial charge in [-0.2, -0.15) is 5.10 Å². The molecule has 4 nitrogen and oxygen atoms in total. The molecule has 0 aliphatic carbocycles. The molecule has 1 saturated heterocycles. The molecule has 1 aromatic heterocycles. The van der Waals surface area contributed by atoms with E-state index in [1.165, 1.54) is 0 Å². The molecule has 2 N–H and O–H groups in total. The fourth-order valence-corrected chi connectivity index (χ4v) is 1.44. The summed E-state index contributed by atoms with van der Waals surface area (Å²) in [6, 6.07) is 2.59. The lowest BCUT2D eigenvalue weighted by molar-refractivity contribution is 0.321. The van der Waals surface area contributed by atoms with Crippen LogP contribution in [-0.4, -0.2) is 29.4 Å². The first kappa shape index (κ1) is 8.56. The fourth-order valence-electron chi connectivity index (χ4n) is 1.44. The van der Waals surface area contributed by atoms with Gasteiger partial charge in [-0.15, -0.1) is 0 Å². The molecule has 0 aromatic carbocycles. The molecule has 1 aliphatic rings. The van der Waals surface area contributed by atoms with Crippen molar-refractivity contribution in [1.82, 2.24) is 15.1 Å². The Morgan fingerprint density at radius 2 is 2.54 bits per heavy atom. The Morgan fingerprint density at radius 1 is 1.69 bits per heavy atom. The normalized spacial score (nSPS) is 17.0. The average molecular weight is 180 g/mol. The predicted octanol–water partition coefficient (Wildman–Crippen LogP) is 0.849. The number of rotatable bonds is 4. The Morgan fingerprint density at radius 3 is 3.15 bits per heavy atom. The molecular weight excluding hydrogens is 164 g/mol. The van der Waals surface area contributed by atoms with Crippen LogP contribution in [0.2, 0.25) is 0 Å². The third-order valence-electron chi connectivity index (χ3n) is 2.33. The monoisotopic (exact) mass is 180 g/mol. The summed E-state index contributed by atoms with van der Waals surface area (Å²) in [5.41, 5.74) is 0. The number of hydrogen-bond acceptors (Lipinski definition) is 3. The Bertz CT molecular complexity index is 264. The van der Waals surface area contributed by atoms with Gasteiger partial charge in [0.2, 0.25) is 0 Å². The Hall–Kier alpha value is -1.03. The third kappa shape index (κ3) is 1.67. The lowest BCUT2D eigenvalue weighted by Gasteiger charge is -2.28. The quantitative estimate of drug-likeness (QED) is 0.721. The van der Waals surface area contributed by atoms with Crippen molar-refractivity contribution in [2.24, 2.45) is 0 Å². The molecule has 2 rings (SSSR count). The summed E-state index contributed by atoms with van der Waals surface area (Å²) >= 11 is 0. The van der Waals surface area contributed by atoms with Crippen molar-refractivity contribution in [1.29, 1.82) is 0 Å². The number of nitrogens with zero attached hydrogens (tertiary/aromatic N) is 2. The number of nitrogens with one attached hydrogen (secondary N) is 2. The van der Waals surface area contributed by atoms with Crippen molar-refractivity contribution in [3.05, 3.63) is 12.3 Å². The highest BCUT2D eigenvalue weighted by Crippen LogP contribution is 2.16. The smallest absolute Gasteiger partial charge is 0.124 e. The third-order valence-corrected chi connectivity index (χ3v) is 2.33. The zero-order valence-corrected chi connectivity index (χ0v) is 7.95.